The molecule has 1 aliphatic carbocycles. The summed E-state index contributed by atoms with van der Waals surface area (Å²) in [6, 6.07) is 0. The summed E-state index contributed by atoms with van der Waals surface area (Å²) in [4.78, 5) is 0. The Hall–Kier alpha value is -0.350. The fourth-order valence-corrected chi connectivity index (χ4v) is 2.55. The van der Waals surface area contributed by atoms with Gasteiger partial charge in [0.2, 0.25) is 10.0 Å². The van der Waals surface area contributed by atoms with E-state index in [9.17, 15) is 8.42 Å². The summed E-state index contributed by atoms with van der Waals surface area (Å²) in [5, 5.41) is 4.68. The third-order valence-corrected chi connectivity index (χ3v) is 4.17. The molecular formula is C9H17NO2S. The molecular weight excluding hydrogens is 186 g/mol. The Kier molecular flexibility index (Phi) is 3.14. The molecule has 0 spiro atoms. The maximum Gasteiger partial charge on any atom is 0.211 e. The molecule has 1 saturated carbocycles. The van der Waals surface area contributed by atoms with E-state index in [4.69, 9.17) is 5.14 Å². The molecule has 0 heterocycles. The Morgan fingerprint density at radius 1 is 1.62 bits per heavy atom. The second-order valence-electron chi connectivity index (χ2n) is 3.82. The van der Waals surface area contributed by atoms with Crippen molar-refractivity contribution in [3.05, 3.63) is 12.7 Å². The van der Waals surface area contributed by atoms with E-state index in [1.807, 2.05) is 0 Å². The van der Waals surface area contributed by atoms with Crippen LogP contribution < -0.4 is 5.14 Å². The Labute approximate surface area is 80.1 Å². The fourth-order valence-electron chi connectivity index (χ4n) is 1.73. The Morgan fingerprint density at radius 2 is 2.15 bits per heavy atom. The number of nitrogens with two attached hydrogens (primary N) is 1. The average molecular weight is 203 g/mol. The Balaban J connectivity index is 2.68. The summed E-state index contributed by atoms with van der Waals surface area (Å²) in [5.74, 6) is 0.721. The zero-order valence-corrected chi connectivity index (χ0v) is 8.76. The predicted octanol–water partition coefficient (Wildman–Crippen LogP) is 1.27. The maximum absolute atomic E-state index is 11.1. The van der Waals surface area contributed by atoms with E-state index < -0.39 is 15.3 Å². The van der Waals surface area contributed by atoms with Gasteiger partial charge in [0.05, 0.1) is 5.25 Å². The molecule has 0 aromatic carbocycles. The number of hydrogen-bond donors (Lipinski definition) is 1. The van der Waals surface area contributed by atoms with Crippen LogP contribution in [0.15, 0.2) is 12.7 Å². The normalized spacial score (nSPS) is 22.3. The lowest BCUT2D eigenvalue weighted by atomic mass is 9.96. The van der Waals surface area contributed by atoms with Gasteiger partial charge in [0.15, 0.2) is 0 Å². The summed E-state index contributed by atoms with van der Waals surface area (Å²) < 4.78 is 22.2. The first kappa shape index (κ1) is 10.7. The number of sulfonamides is 1. The van der Waals surface area contributed by atoms with E-state index in [1.54, 1.807) is 13.0 Å². The number of primary sulfonamides is 1. The molecule has 0 aliphatic heterocycles. The minimum atomic E-state index is -3.38. The SMILES string of the molecule is C=CC[C@@H](C1CC1)[C@H](C)S(N)(=O)=O. The molecule has 1 fully saturated rings. The van der Waals surface area contributed by atoms with Crippen LogP contribution in [0.3, 0.4) is 0 Å². The lowest BCUT2D eigenvalue weighted by Crippen LogP contribution is -2.33. The number of rotatable bonds is 5. The standard InChI is InChI=1S/C9H17NO2S/c1-3-4-9(8-5-6-8)7(2)13(10,11)12/h3,7-9H,1,4-6H2,2H3,(H2,10,11,12)/t7-,9+/m0/s1. The van der Waals surface area contributed by atoms with Gasteiger partial charge in [0.25, 0.3) is 0 Å². The molecule has 1 rings (SSSR count). The quantitative estimate of drug-likeness (QED) is 0.684. The highest BCUT2D eigenvalue weighted by Gasteiger charge is 2.37. The highest BCUT2D eigenvalue weighted by molar-refractivity contribution is 7.89. The van der Waals surface area contributed by atoms with Crippen LogP contribution in [0.4, 0.5) is 0 Å². The fraction of sp³-hybridized carbons (Fsp3) is 0.778. The van der Waals surface area contributed by atoms with Crippen LogP contribution in [-0.2, 0) is 10.0 Å². The lowest BCUT2D eigenvalue weighted by Gasteiger charge is -2.20. The first-order chi connectivity index (χ1) is 5.96. The molecule has 0 unspecified atom stereocenters. The van der Waals surface area contributed by atoms with Gasteiger partial charge in [-0.25, -0.2) is 13.6 Å². The van der Waals surface area contributed by atoms with Gasteiger partial charge in [0.1, 0.15) is 0 Å². The summed E-state index contributed by atoms with van der Waals surface area (Å²) in [6.07, 6.45) is 4.81. The van der Waals surface area contributed by atoms with Crippen LogP contribution >= 0.6 is 0 Å². The predicted molar refractivity (Wildman–Crippen MR) is 53.6 cm³/mol. The molecule has 0 aromatic rings. The van der Waals surface area contributed by atoms with Crippen molar-refractivity contribution in [3.63, 3.8) is 0 Å². The van der Waals surface area contributed by atoms with Crippen molar-refractivity contribution in [3.8, 4) is 0 Å². The number of hydrogen-bond acceptors (Lipinski definition) is 2. The summed E-state index contributed by atoms with van der Waals surface area (Å²) in [6.45, 7) is 5.34. The second-order valence-corrected chi connectivity index (χ2v) is 5.74. The van der Waals surface area contributed by atoms with Crippen molar-refractivity contribution in [1.29, 1.82) is 0 Å². The van der Waals surface area contributed by atoms with Crippen LogP contribution in [0.2, 0.25) is 0 Å². The second kappa shape index (κ2) is 3.80. The van der Waals surface area contributed by atoms with Gasteiger partial charge < -0.3 is 0 Å². The molecule has 1 aliphatic rings. The summed E-state index contributed by atoms with van der Waals surface area (Å²) in [7, 11) is -3.38. The van der Waals surface area contributed by atoms with Crippen LogP contribution in [0, 0.1) is 11.8 Å². The zero-order chi connectivity index (χ0) is 10.1. The first-order valence-corrected chi connectivity index (χ1v) is 6.20. The minimum Gasteiger partial charge on any atom is -0.228 e. The van der Waals surface area contributed by atoms with Crippen LogP contribution in [0.5, 0.6) is 0 Å². The molecule has 0 aromatic heterocycles. The molecule has 13 heavy (non-hydrogen) atoms. The van der Waals surface area contributed by atoms with Crippen molar-refractivity contribution in [2.24, 2.45) is 17.0 Å². The van der Waals surface area contributed by atoms with Gasteiger partial charge in [-0.1, -0.05) is 6.08 Å². The van der Waals surface area contributed by atoms with E-state index in [0.717, 1.165) is 19.3 Å². The van der Waals surface area contributed by atoms with Gasteiger partial charge in [0, 0.05) is 0 Å². The van der Waals surface area contributed by atoms with Crippen molar-refractivity contribution in [2.45, 2.75) is 31.4 Å². The molecule has 76 valence electrons. The highest BCUT2D eigenvalue weighted by Crippen LogP contribution is 2.41. The average Bonchev–Trinajstić information content (AvgIpc) is 2.79. The summed E-state index contributed by atoms with van der Waals surface area (Å²) in [5.41, 5.74) is 0. The monoisotopic (exact) mass is 203 g/mol. The highest BCUT2D eigenvalue weighted by atomic mass is 32.2. The maximum atomic E-state index is 11.1. The van der Waals surface area contributed by atoms with E-state index in [-0.39, 0.29) is 5.92 Å². The first-order valence-electron chi connectivity index (χ1n) is 4.59. The van der Waals surface area contributed by atoms with Crippen LogP contribution in [0.1, 0.15) is 26.2 Å². The molecule has 3 nitrogen and oxygen atoms in total. The van der Waals surface area contributed by atoms with Crippen LogP contribution in [-0.4, -0.2) is 13.7 Å². The van der Waals surface area contributed by atoms with Crippen molar-refractivity contribution >= 4 is 10.0 Å². The number of allylic oxidation sites excluding steroid dienone is 1. The van der Waals surface area contributed by atoms with Gasteiger partial charge in [-0.05, 0) is 38.0 Å². The molecule has 0 saturated heterocycles. The Morgan fingerprint density at radius 3 is 2.46 bits per heavy atom. The van der Waals surface area contributed by atoms with Crippen molar-refractivity contribution < 1.29 is 8.42 Å². The molecule has 0 amide bonds. The van der Waals surface area contributed by atoms with E-state index in [1.165, 1.54) is 0 Å². The van der Waals surface area contributed by atoms with Crippen molar-refractivity contribution in [2.75, 3.05) is 0 Å². The smallest absolute Gasteiger partial charge is 0.211 e. The van der Waals surface area contributed by atoms with Gasteiger partial charge in [-0.15, -0.1) is 6.58 Å². The zero-order valence-electron chi connectivity index (χ0n) is 7.94. The third-order valence-electron chi connectivity index (χ3n) is 2.79. The summed E-state index contributed by atoms with van der Waals surface area (Å²) >= 11 is 0. The molecule has 4 heteroatoms. The van der Waals surface area contributed by atoms with Gasteiger partial charge in [-0.2, -0.15) is 0 Å². The Bertz CT molecular complexity index is 280. The third kappa shape index (κ3) is 2.81. The molecule has 2 atom stereocenters. The topological polar surface area (TPSA) is 60.2 Å². The van der Waals surface area contributed by atoms with Crippen molar-refractivity contribution in [1.82, 2.24) is 0 Å². The molecule has 0 bridgehead atoms. The largest absolute Gasteiger partial charge is 0.228 e. The van der Waals surface area contributed by atoms with E-state index in [0.29, 0.717) is 5.92 Å². The van der Waals surface area contributed by atoms with Gasteiger partial charge >= 0.3 is 0 Å². The van der Waals surface area contributed by atoms with E-state index >= 15 is 0 Å². The van der Waals surface area contributed by atoms with E-state index in [2.05, 4.69) is 6.58 Å². The molecule has 0 radical (unpaired) electrons. The molecule has 2 N–H and O–H groups in total. The van der Waals surface area contributed by atoms with Gasteiger partial charge in [-0.3, -0.25) is 0 Å². The minimum absolute atomic E-state index is 0.174. The van der Waals surface area contributed by atoms with Crippen LogP contribution in [0.25, 0.3) is 0 Å². The lowest BCUT2D eigenvalue weighted by molar-refractivity contribution is 0.443.